The smallest absolute Gasteiger partial charge is 0.239 e. The van der Waals surface area contributed by atoms with Crippen molar-refractivity contribution in [2.24, 2.45) is 4.99 Å². The van der Waals surface area contributed by atoms with Gasteiger partial charge >= 0.3 is 0 Å². The molecule has 0 heterocycles. The molecule has 3 N–H and O–H groups in total. The van der Waals surface area contributed by atoms with Gasteiger partial charge in [-0.05, 0) is 20.8 Å². The van der Waals surface area contributed by atoms with E-state index in [2.05, 4.69) is 20.9 Å². The van der Waals surface area contributed by atoms with Crippen LogP contribution >= 0.6 is 0 Å². The lowest BCUT2D eigenvalue weighted by molar-refractivity contribution is -0.121. The maximum atomic E-state index is 11.6. The van der Waals surface area contributed by atoms with Crippen molar-refractivity contribution in [3.63, 3.8) is 0 Å². The Bertz CT molecular complexity index is 300. The summed E-state index contributed by atoms with van der Waals surface area (Å²) in [7, 11) is 3.29. The number of amides is 1. The summed E-state index contributed by atoms with van der Waals surface area (Å²) in [5.74, 6) is 0.501. The van der Waals surface area contributed by atoms with Gasteiger partial charge in [0.15, 0.2) is 5.96 Å². The number of carbonyl (C=O) groups is 1. The lowest BCUT2D eigenvalue weighted by atomic mass is 10.1. The first-order chi connectivity index (χ1) is 9.39. The zero-order valence-electron chi connectivity index (χ0n) is 13.2. The van der Waals surface area contributed by atoms with Crippen LogP contribution in [0.5, 0.6) is 0 Å². The van der Waals surface area contributed by atoms with Gasteiger partial charge in [-0.2, -0.15) is 0 Å². The van der Waals surface area contributed by atoms with Crippen molar-refractivity contribution in [2.75, 3.05) is 47.1 Å². The molecule has 118 valence electrons. The van der Waals surface area contributed by atoms with Gasteiger partial charge in [0.1, 0.15) is 0 Å². The Hall–Kier alpha value is -1.34. The highest BCUT2D eigenvalue weighted by molar-refractivity contribution is 5.86. The van der Waals surface area contributed by atoms with E-state index in [9.17, 15) is 4.79 Å². The molecule has 0 aliphatic rings. The summed E-state index contributed by atoms with van der Waals surface area (Å²) >= 11 is 0. The van der Waals surface area contributed by atoms with Crippen LogP contribution in [0.2, 0.25) is 0 Å². The number of ether oxygens (including phenoxy) is 2. The summed E-state index contributed by atoms with van der Waals surface area (Å²) in [4.78, 5) is 15.7. The van der Waals surface area contributed by atoms with Gasteiger partial charge in [0.2, 0.25) is 5.91 Å². The van der Waals surface area contributed by atoms with Crippen molar-refractivity contribution in [1.82, 2.24) is 16.0 Å². The number of hydrogen-bond donors (Lipinski definition) is 3. The number of nitrogens with one attached hydrogen (secondary N) is 3. The minimum absolute atomic E-state index is 0.0724. The molecule has 0 aromatic heterocycles. The summed E-state index contributed by atoms with van der Waals surface area (Å²) in [6.45, 7) is 8.32. The van der Waals surface area contributed by atoms with Gasteiger partial charge in [-0.1, -0.05) is 0 Å². The Labute approximate surface area is 121 Å². The summed E-state index contributed by atoms with van der Waals surface area (Å²) < 4.78 is 10.2. The van der Waals surface area contributed by atoms with Gasteiger partial charge in [-0.25, -0.2) is 0 Å². The maximum Gasteiger partial charge on any atom is 0.239 e. The fourth-order valence-corrected chi connectivity index (χ4v) is 1.33. The van der Waals surface area contributed by atoms with Crippen molar-refractivity contribution in [3.05, 3.63) is 0 Å². The Kier molecular flexibility index (Phi) is 9.75. The Morgan fingerprint density at radius 3 is 2.40 bits per heavy atom. The van der Waals surface area contributed by atoms with Crippen LogP contribution in [0.3, 0.4) is 0 Å². The average Bonchev–Trinajstić information content (AvgIpc) is 2.35. The molecule has 0 aliphatic heterocycles. The van der Waals surface area contributed by atoms with Gasteiger partial charge in [0.25, 0.3) is 0 Å². The van der Waals surface area contributed by atoms with E-state index in [4.69, 9.17) is 9.47 Å². The second-order valence-corrected chi connectivity index (χ2v) is 5.26. The summed E-state index contributed by atoms with van der Waals surface area (Å²) in [6, 6.07) is 0. The first-order valence-electron chi connectivity index (χ1n) is 6.71. The van der Waals surface area contributed by atoms with Gasteiger partial charge in [0.05, 0.1) is 26.4 Å². The molecule has 0 bridgehead atoms. The Morgan fingerprint density at radius 1 is 1.15 bits per heavy atom. The van der Waals surface area contributed by atoms with Crippen LogP contribution < -0.4 is 16.0 Å². The molecule has 0 aromatic carbocycles. The molecule has 7 heteroatoms. The molecule has 0 rings (SSSR count). The van der Waals surface area contributed by atoms with Crippen LogP contribution in [-0.2, 0) is 14.3 Å². The number of rotatable bonds is 8. The third-order valence-electron chi connectivity index (χ3n) is 2.13. The minimum Gasteiger partial charge on any atom is -0.382 e. The second kappa shape index (κ2) is 10.4. The van der Waals surface area contributed by atoms with Crippen LogP contribution in [0.4, 0.5) is 0 Å². The van der Waals surface area contributed by atoms with Crippen molar-refractivity contribution in [3.8, 4) is 0 Å². The van der Waals surface area contributed by atoms with Crippen LogP contribution in [0, 0.1) is 0 Å². The molecule has 0 aromatic rings. The number of hydrogen-bond acceptors (Lipinski definition) is 4. The Morgan fingerprint density at radius 2 is 1.85 bits per heavy atom. The number of nitrogens with zero attached hydrogens (tertiary/aromatic N) is 1. The first kappa shape index (κ1) is 18.7. The normalized spacial score (nSPS) is 12.2. The molecular weight excluding hydrogens is 260 g/mol. The molecule has 0 radical (unpaired) electrons. The van der Waals surface area contributed by atoms with E-state index < -0.39 is 0 Å². The van der Waals surface area contributed by atoms with Crippen LogP contribution in [0.25, 0.3) is 0 Å². The standard InChI is InChI=1S/C13H28N4O3/c1-13(2,3)17-11(18)10-16-12(14-4)15-6-7-20-9-8-19-5/h6-10H2,1-5H3,(H,17,18)(H2,14,15,16). The van der Waals surface area contributed by atoms with Gasteiger partial charge in [0, 0.05) is 26.2 Å². The second-order valence-electron chi connectivity index (χ2n) is 5.26. The van der Waals surface area contributed by atoms with E-state index in [1.807, 2.05) is 20.8 Å². The molecule has 0 saturated carbocycles. The zero-order chi connectivity index (χ0) is 15.4. The predicted molar refractivity (Wildman–Crippen MR) is 80.0 cm³/mol. The van der Waals surface area contributed by atoms with E-state index in [1.165, 1.54) is 0 Å². The van der Waals surface area contributed by atoms with E-state index >= 15 is 0 Å². The summed E-state index contributed by atoms with van der Waals surface area (Å²) in [5.41, 5.74) is -0.231. The molecule has 0 aliphatic carbocycles. The largest absolute Gasteiger partial charge is 0.382 e. The lowest BCUT2D eigenvalue weighted by Gasteiger charge is -2.21. The third kappa shape index (κ3) is 11.7. The molecule has 0 unspecified atom stereocenters. The first-order valence-corrected chi connectivity index (χ1v) is 6.71. The van der Waals surface area contributed by atoms with Crippen molar-refractivity contribution in [1.29, 1.82) is 0 Å². The van der Waals surface area contributed by atoms with Gasteiger partial charge < -0.3 is 25.4 Å². The van der Waals surface area contributed by atoms with Crippen molar-refractivity contribution >= 4 is 11.9 Å². The van der Waals surface area contributed by atoms with Crippen LogP contribution in [0.1, 0.15) is 20.8 Å². The monoisotopic (exact) mass is 288 g/mol. The van der Waals surface area contributed by atoms with E-state index in [-0.39, 0.29) is 18.0 Å². The van der Waals surface area contributed by atoms with E-state index in [0.717, 1.165) is 0 Å². The lowest BCUT2D eigenvalue weighted by Crippen LogP contribution is -2.48. The highest BCUT2D eigenvalue weighted by Gasteiger charge is 2.13. The number of carbonyl (C=O) groups excluding carboxylic acids is 1. The zero-order valence-corrected chi connectivity index (χ0v) is 13.2. The number of aliphatic imine (C=N–C) groups is 1. The van der Waals surface area contributed by atoms with Gasteiger partial charge in [-0.3, -0.25) is 9.79 Å². The minimum atomic E-state index is -0.231. The van der Waals surface area contributed by atoms with Gasteiger partial charge in [-0.15, -0.1) is 0 Å². The molecule has 0 spiro atoms. The topological polar surface area (TPSA) is 84.0 Å². The molecule has 0 atom stereocenters. The van der Waals surface area contributed by atoms with Crippen molar-refractivity contribution in [2.45, 2.75) is 26.3 Å². The molecular formula is C13H28N4O3. The average molecular weight is 288 g/mol. The molecule has 0 saturated heterocycles. The fraction of sp³-hybridized carbons (Fsp3) is 0.846. The highest BCUT2D eigenvalue weighted by atomic mass is 16.5. The van der Waals surface area contributed by atoms with Crippen LogP contribution in [-0.4, -0.2) is 64.5 Å². The maximum absolute atomic E-state index is 11.6. The summed E-state index contributed by atoms with van der Waals surface area (Å²) in [5, 5.41) is 8.86. The van der Waals surface area contributed by atoms with Crippen LogP contribution in [0.15, 0.2) is 4.99 Å². The van der Waals surface area contributed by atoms with E-state index in [0.29, 0.717) is 32.3 Å². The predicted octanol–water partition coefficient (Wildman–Crippen LogP) is -0.271. The number of guanidine groups is 1. The highest BCUT2D eigenvalue weighted by Crippen LogP contribution is 1.96. The molecule has 20 heavy (non-hydrogen) atoms. The summed E-state index contributed by atoms with van der Waals surface area (Å²) in [6.07, 6.45) is 0. The number of methoxy groups -OCH3 is 1. The Balaban J connectivity index is 3.75. The SMILES string of the molecule is CN=C(NCCOCCOC)NCC(=O)NC(C)(C)C. The molecule has 0 fully saturated rings. The third-order valence-corrected chi connectivity index (χ3v) is 2.13. The van der Waals surface area contributed by atoms with Crippen molar-refractivity contribution < 1.29 is 14.3 Å². The molecule has 1 amide bonds. The quantitative estimate of drug-likeness (QED) is 0.325. The van der Waals surface area contributed by atoms with E-state index in [1.54, 1.807) is 14.2 Å². The molecule has 7 nitrogen and oxygen atoms in total. The fourth-order valence-electron chi connectivity index (χ4n) is 1.33.